The third-order valence-corrected chi connectivity index (χ3v) is 3.57. The number of ether oxygens (including phenoxy) is 2. The zero-order valence-electron chi connectivity index (χ0n) is 10.1. The highest BCUT2D eigenvalue weighted by molar-refractivity contribution is 5.89. The van der Waals surface area contributed by atoms with Crippen LogP contribution in [0.5, 0.6) is 0 Å². The van der Waals surface area contributed by atoms with Crippen LogP contribution in [0, 0.1) is 5.92 Å². The van der Waals surface area contributed by atoms with E-state index in [1.54, 1.807) is 13.8 Å². The Morgan fingerprint density at radius 1 is 1.44 bits per heavy atom. The first-order valence-corrected chi connectivity index (χ1v) is 5.98. The molecule has 0 aliphatic carbocycles. The predicted molar refractivity (Wildman–Crippen MR) is 60.1 cm³/mol. The SMILES string of the molecule is CC(C)(N)C(=O)C1CCOC2(CCOC2)C1. The van der Waals surface area contributed by atoms with E-state index >= 15 is 0 Å². The van der Waals surface area contributed by atoms with Crippen molar-refractivity contribution in [3.05, 3.63) is 0 Å². The molecule has 0 aromatic rings. The maximum atomic E-state index is 12.1. The van der Waals surface area contributed by atoms with E-state index in [1.807, 2.05) is 0 Å². The molecule has 0 aromatic heterocycles. The van der Waals surface area contributed by atoms with Crippen molar-refractivity contribution in [3.63, 3.8) is 0 Å². The molecule has 4 heteroatoms. The van der Waals surface area contributed by atoms with Crippen LogP contribution in [0.3, 0.4) is 0 Å². The van der Waals surface area contributed by atoms with E-state index in [2.05, 4.69) is 0 Å². The van der Waals surface area contributed by atoms with Gasteiger partial charge in [0.1, 0.15) is 0 Å². The average Bonchev–Trinajstić information content (AvgIpc) is 2.64. The third-order valence-electron chi connectivity index (χ3n) is 3.57. The smallest absolute Gasteiger partial charge is 0.155 e. The number of hydrogen-bond donors (Lipinski definition) is 1. The second-order valence-corrected chi connectivity index (χ2v) is 5.61. The minimum atomic E-state index is -0.733. The van der Waals surface area contributed by atoms with Crippen molar-refractivity contribution in [3.8, 4) is 0 Å². The standard InChI is InChI=1S/C12H21NO3/c1-11(2,13)10(14)9-3-5-16-12(7-9)4-6-15-8-12/h9H,3-8,13H2,1-2H3. The van der Waals surface area contributed by atoms with Crippen LogP contribution in [-0.2, 0) is 14.3 Å². The second kappa shape index (κ2) is 4.09. The van der Waals surface area contributed by atoms with Gasteiger partial charge >= 0.3 is 0 Å². The van der Waals surface area contributed by atoms with Gasteiger partial charge in [0.05, 0.1) is 17.7 Å². The fraction of sp³-hybridized carbons (Fsp3) is 0.917. The number of ketones is 1. The molecule has 2 fully saturated rings. The molecular weight excluding hydrogens is 206 g/mol. The Bertz CT molecular complexity index is 276. The van der Waals surface area contributed by atoms with Crippen LogP contribution >= 0.6 is 0 Å². The van der Waals surface area contributed by atoms with Gasteiger partial charge in [0, 0.05) is 25.6 Å². The van der Waals surface area contributed by atoms with Crippen LogP contribution in [0.1, 0.15) is 33.1 Å². The number of Topliss-reactive ketones (excluding diaryl/α,β-unsaturated/α-hetero) is 1. The van der Waals surface area contributed by atoms with Crippen molar-refractivity contribution in [1.82, 2.24) is 0 Å². The van der Waals surface area contributed by atoms with Gasteiger partial charge in [-0.2, -0.15) is 0 Å². The summed E-state index contributed by atoms with van der Waals surface area (Å²) in [5.41, 5.74) is 4.94. The van der Waals surface area contributed by atoms with Gasteiger partial charge < -0.3 is 15.2 Å². The lowest BCUT2D eigenvalue weighted by Gasteiger charge is -2.38. The maximum Gasteiger partial charge on any atom is 0.155 e. The number of carbonyl (C=O) groups is 1. The molecule has 0 saturated carbocycles. The first-order chi connectivity index (χ1) is 7.43. The predicted octanol–water partition coefficient (Wildman–Crippen LogP) is 0.878. The van der Waals surface area contributed by atoms with Crippen LogP contribution in [0.15, 0.2) is 0 Å². The zero-order valence-corrected chi connectivity index (χ0v) is 10.1. The van der Waals surface area contributed by atoms with E-state index in [0.29, 0.717) is 13.2 Å². The van der Waals surface area contributed by atoms with Crippen molar-refractivity contribution in [1.29, 1.82) is 0 Å². The summed E-state index contributed by atoms with van der Waals surface area (Å²) in [6.07, 6.45) is 2.47. The second-order valence-electron chi connectivity index (χ2n) is 5.61. The summed E-state index contributed by atoms with van der Waals surface area (Å²) in [5, 5.41) is 0. The number of carbonyl (C=O) groups excluding carboxylic acids is 1. The minimum absolute atomic E-state index is 0.0375. The molecule has 2 atom stereocenters. The van der Waals surface area contributed by atoms with Crippen molar-refractivity contribution in [2.75, 3.05) is 19.8 Å². The van der Waals surface area contributed by atoms with Crippen LogP contribution < -0.4 is 5.73 Å². The van der Waals surface area contributed by atoms with Crippen LogP contribution in [0.2, 0.25) is 0 Å². The molecule has 2 N–H and O–H groups in total. The summed E-state index contributed by atoms with van der Waals surface area (Å²) in [7, 11) is 0. The monoisotopic (exact) mass is 227 g/mol. The molecule has 0 aromatic carbocycles. The van der Waals surface area contributed by atoms with E-state index in [9.17, 15) is 4.79 Å². The van der Waals surface area contributed by atoms with Crippen LogP contribution in [0.4, 0.5) is 0 Å². The quantitative estimate of drug-likeness (QED) is 0.760. The van der Waals surface area contributed by atoms with E-state index < -0.39 is 5.54 Å². The molecule has 2 aliphatic rings. The molecule has 2 heterocycles. The number of hydrogen-bond acceptors (Lipinski definition) is 4. The van der Waals surface area contributed by atoms with Gasteiger partial charge in [0.25, 0.3) is 0 Å². The summed E-state index contributed by atoms with van der Waals surface area (Å²) < 4.78 is 11.2. The maximum absolute atomic E-state index is 12.1. The fourth-order valence-electron chi connectivity index (χ4n) is 2.64. The Morgan fingerprint density at radius 2 is 2.19 bits per heavy atom. The van der Waals surface area contributed by atoms with E-state index in [1.165, 1.54) is 0 Å². The van der Waals surface area contributed by atoms with Gasteiger partial charge in [-0.3, -0.25) is 4.79 Å². The summed E-state index contributed by atoms with van der Waals surface area (Å²) in [5.74, 6) is 0.192. The molecule has 2 rings (SSSR count). The van der Waals surface area contributed by atoms with Crippen molar-refractivity contribution < 1.29 is 14.3 Å². The fourth-order valence-corrected chi connectivity index (χ4v) is 2.64. The highest BCUT2D eigenvalue weighted by Crippen LogP contribution is 2.37. The highest BCUT2D eigenvalue weighted by Gasteiger charge is 2.44. The van der Waals surface area contributed by atoms with E-state index in [0.717, 1.165) is 25.9 Å². The first kappa shape index (κ1) is 12.0. The summed E-state index contributed by atoms with van der Waals surface area (Å²) >= 11 is 0. The summed E-state index contributed by atoms with van der Waals surface area (Å²) in [6.45, 7) is 5.58. The zero-order chi connectivity index (χ0) is 11.8. The largest absolute Gasteiger partial charge is 0.378 e. The molecule has 0 bridgehead atoms. The van der Waals surface area contributed by atoms with Crippen LogP contribution in [0.25, 0.3) is 0 Å². The van der Waals surface area contributed by atoms with Crippen molar-refractivity contribution in [2.24, 2.45) is 11.7 Å². The lowest BCUT2D eigenvalue weighted by atomic mass is 9.78. The molecule has 0 amide bonds. The highest BCUT2D eigenvalue weighted by atomic mass is 16.6. The first-order valence-electron chi connectivity index (χ1n) is 5.98. The lowest BCUT2D eigenvalue weighted by Crippen LogP contribution is -2.50. The summed E-state index contributed by atoms with van der Waals surface area (Å²) in [4.78, 5) is 12.1. The van der Waals surface area contributed by atoms with Crippen LogP contribution in [-0.4, -0.2) is 36.7 Å². The summed E-state index contributed by atoms with van der Waals surface area (Å²) in [6, 6.07) is 0. The Kier molecular flexibility index (Phi) is 3.07. The van der Waals surface area contributed by atoms with E-state index in [-0.39, 0.29) is 17.3 Å². The molecule has 2 saturated heterocycles. The molecule has 16 heavy (non-hydrogen) atoms. The molecule has 0 radical (unpaired) electrons. The van der Waals surface area contributed by atoms with Gasteiger partial charge in [-0.15, -0.1) is 0 Å². The van der Waals surface area contributed by atoms with Gasteiger partial charge in [-0.05, 0) is 26.7 Å². The van der Waals surface area contributed by atoms with Gasteiger partial charge in [0.2, 0.25) is 0 Å². The van der Waals surface area contributed by atoms with Gasteiger partial charge in [-0.1, -0.05) is 0 Å². The molecule has 2 aliphatic heterocycles. The normalized spacial score (nSPS) is 35.6. The Hall–Kier alpha value is -0.450. The van der Waals surface area contributed by atoms with E-state index in [4.69, 9.17) is 15.2 Å². The Balaban J connectivity index is 2.04. The molecule has 1 spiro atoms. The molecule has 2 unspecified atom stereocenters. The average molecular weight is 227 g/mol. The number of nitrogens with two attached hydrogens (primary N) is 1. The topological polar surface area (TPSA) is 61.6 Å². The van der Waals surface area contributed by atoms with Gasteiger partial charge in [-0.25, -0.2) is 0 Å². The molecular formula is C12H21NO3. The minimum Gasteiger partial charge on any atom is -0.378 e. The third kappa shape index (κ3) is 2.29. The lowest BCUT2D eigenvalue weighted by molar-refractivity contribution is -0.140. The Morgan fingerprint density at radius 3 is 2.75 bits per heavy atom. The Labute approximate surface area is 96.5 Å². The molecule has 92 valence electrons. The number of rotatable bonds is 2. The molecule has 4 nitrogen and oxygen atoms in total. The van der Waals surface area contributed by atoms with Crippen molar-refractivity contribution >= 4 is 5.78 Å². The van der Waals surface area contributed by atoms with Gasteiger partial charge in [0.15, 0.2) is 5.78 Å². The van der Waals surface area contributed by atoms with Crippen molar-refractivity contribution in [2.45, 2.75) is 44.2 Å².